The van der Waals surface area contributed by atoms with E-state index in [1.54, 1.807) is 14.2 Å². The minimum atomic E-state index is -0.575. The Labute approximate surface area is 244 Å². The maximum absolute atomic E-state index is 14.2. The number of hydrogen-bond donors (Lipinski definition) is 0. The number of piperazine rings is 1. The first-order valence-corrected chi connectivity index (χ1v) is 14.4. The quantitative estimate of drug-likeness (QED) is 0.363. The number of carbonyl (C=O) groups excluding carboxylic acids is 1. The van der Waals surface area contributed by atoms with Crippen molar-refractivity contribution in [3.8, 4) is 11.5 Å². The van der Waals surface area contributed by atoms with Crippen molar-refractivity contribution in [2.75, 3.05) is 58.9 Å². The molecule has 1 unspecified atom stereocenters. The maximum Gasteiger partial charge on any atom is 0.167 e. The van der Waals surface area contributed by atoms with Crippen LogP contribution in [-0.4, -0.2) is 74.6 Å². The number of aryl methyl sites for hydroxylation is 1. The molecular formula is C34H42N4O3. The number of aromatic nitrogens is 1. The van der Waals surface area contributed by atoms with Gasteiger partial charge >= 0.3 is 0 Å². The first kappa shape index (κ1) is 28.8. The minimum absolute atomic E-state index is 0.124. The van der Waals surface area contributed by atoms with Crippen LogP contribution in [0.2, 0.25) is 0 Å². The summed E-state index contributed by atoms with van der Waals surface area (Å²) in [6, 6.07) is 20.2. The summed E-state index contributed by atoms with van der Waals surface area (Å²) in [5.74, 6) is 2.52. The van der Waals surface area contributed by atoms with Crippen LogP contribution in [0.5, 0.6) is 11.5 Å². The average molecular weight is 555 g/mol. The highest BCUT2D eigenvalue weighted by Gasteiger charge is 2.45. The van der Waals surface area contributed by atoms with Crippen LogP contribution in [0.25, 0.3) is 6.08 Å². The van der Waals surface area contributed by atoms with Crippen molar-refractivity contribution in [1.82, 2.24) is 14.8 Å². The van der Waals surface area contributed by atoms with Gasteiger partial charge in [0.15, 0.2) is 5.78 Å². The highest BCUT2D eigenvalue weighted by atomic mass is 16.5. The lowest BCUT2D eigenvalue weighted by Gasteiger charge is -2.44. The Hall–Kier alpha value is -3.68. The molecule has 1 atom stereocenters. The van der Waals surface area contributed by atoms with E-state index in [4.69, 9.17) is 14.5 Å². The molecule has 3 heterocycles. The van der Waals surface area contributed by atoms with Gasteiger partial charge in [-0.25, -0.2) is 4.98 Å². The lowest BCUT2D eigenvalue weighted by atomic mass is 9.74. The Balaban J connectivity index is 1.63. The lowest BCUT2D eigenvalue weighted by molar-refractivity contribution is -0.128. The van der Waals surface area contributed by atoms with Gasteiger partial charge in [-0.1, -0.05) is 49.7 Å². The molecule has 0 bridgehead atoms. The van der Waals surface area contributed by atoms with Gasteiger partial charge in [0.1, 0.15) is 17.3 Å². The number of methoxy groups -OCH3 is 2. The van der Waals surface area contributed by atoms with Crippen molar-refractivity contribution >= 4 is 17.7 Å². The fourth-order valence-electron chi connectivity index (χ4n) is 5.91. The number of Topliss-reactive ketones (excluding diaryl/α,β-unsaturated/α-hetero) is 1. The number of nitrogens with zero attached hydrogens (tertiary/aromatic N) is 4. The second-order valence-electron chi connectivity index (χ2n) is 11.9. The van der Waals surface area contributed by atoms with Crippen LogP contribution in [0.4, 0.5) is 5.82 Å². The molecule has 2 saturated heterocycles. The molecule has 0 saturated carbocycles. The summed E-state index contributed by atoms with van der Waals surface area (Å²) in [6.07, 6.45) is 1.99. The molecule has 0 aliphatic carbocycles. The van der Waals surface area contributed by atoms with Crippen molar-refractivity contribution in [2.45, 2.75) is 33.4 Å². The van der Waals surface area contributed by atoms with Gasteiger partial charge in [-0.3, -0.25) is 9.69 Å². The highest BCUT2D eigenvalue weighted by Crippen LogP contribution is 2.45. The second-order valence-corrected chi connectivity index (χ2v) is 11.9. The molecule has 0 spiro atoms. The number of ketones is 1. The summed E-state index contributed by atoms with van der Waals surface area (Å²) in [5.41, 5.74) is 4.24. The summed E-state index contributed by atoms with van der Waals surface area (Å²) < 4.78 is 11.5. The van der Waals surface area contributed by atoms with Gasteiger partial charge < -0.3 is 19.3 Å². The summed E-state index contributed by atoms with van der Waals surface area (Å²) in [6.45, 7) is 11.4. The number of carbonyl (C=O) groups is 1. The second kappa shape index (κ2) is 12.0. The number of likely N-dealkylation sites (tertiary alicyclic amines) is 1. The molecular weight excluding hydrogens is 512 g/mol. The molecule has 7 heteroatoms. The Morgan fingerprint density at radius 1 is 0.976 bits per heavy atom. The number of hydrogen-bond acceptors (Lipinski definition) is 7. The molecule has 0 amide bonds. The summed E-state index contributed by atoms with van der Waals surface area (Å²) >= 11 is 0. The molecule has 5 rings (SSSR count). The summed E-state index contributed by atoms with van der Waals surface area (Å²) in [4.78, 5) is 26.3. The standard InChI is InChI=1S/C34H42N4O3/c1-24-10-12-25(13-11-24)22-38-23-34(2,3)33(39)29(32(38)28-21-27(40-5)14-15-30(28)41-6)20-26-8-7-9-31(35-26)37-18-16-36(4)17-19-37/h7-15,20-21,32H,16-19,22-23H2,1-6H3/b29-20-. The molecule has 7 nitrogen and oxygen atoms in total. The fraction of sp³-hybridized carbons (Fsp3) is 0.412. The third kappa shape index (κ3) is 6.31. The van der Waals surface area contributed by atoms with Gasteiger partial charge in [0, 0.05) is 55.8 Å². The zero-order valence-corrected chi connectivity index (χ0v) is 25.2. The van der Waals surface area contributed by atoms with Crippen molar-refractivity contribution in [1.29, 1.82) is 0 Å². The smallest absolute Gasteiger partial charge is 0.167 e. The van der Waals surface area contributed by atoms with E-state index in [0.29, 0.717) is 18.7 Å². The number of pyridine rings is 1. The molecule has 1 aromatic heterocycles. The molecule has 3 aromatic rings. The lowest BCUT2D eigenvalue weighted by Crippen LogP contribution is -2.49. The summed E-state index contributed by atoms with van der Waals surface area (Å²) in [7, 11) is 5.49. The van der Waals surface area contributed by atoms with Crippen molar-refractivity contribution in [3.63, 3.8) is 0 Å². The van der Waals surface area contributed by atoms with Gasteiger partial charge in [0.2, 0.25) is 0 Å². The Morgan fingerprint density at radius 2 is 1.71 bits per heavy atom. The van der Waals surface area contributed by atoms with E-state index in [1.807, 2.05) is 50.3 Å². The van der Waals surface area contributed by atoms with Crippen LogP contribution < -0.4 is 14.4 Å². The molecule has 0 N–H and O–H groups in total. The third-order valence-corrected chi connectivity index (χ3v) is 8.26. The number of rotatable bonds is 7. The molecule has 2 fully saturated rings. The van der Waals surface area contributed by atoms with E-state index in [2.05, 4.69) is 59.0 Å². The Bertz CT molecular complexity index is 1410. The molecule has 2 aromatic carbocycles. The van der Waals surface area contributed by atoms with Crippen LogP contribution in [0.15, 0.2) is 66.2 Å². The number of benzene rings is 2. The van der Waals surface area contributed by atoms with Crippen molar-refractivity contribution in [2.24, 2.45) is 5.41 Å². The predicted octanol–water partition coefficient (Wildman–Crippen LogP) is 5.39. The maximum atomic E-state index is 14.2. The Morgan fingerprint density at radius 3 is 2.39 bits per heavy atom. The van der Waals surface area contributed by atoms with E-state index in [0.717, 1.165) is 54.8 Å². The molecule has 0 radical (unpaired) electrons. The number of piperidine rings is 1. The van der Waals surface area contributed by atoms with Gasteiger partial charge in [-0.05, 0) is 55.9 Å². The first-order valence-electron chi connectivity index (χ1n) is 14.4. The van der Waals surface area contributed by atoms with Gasteiger partial charge in [-0.2, -0.15) is 0 Å². The minimum Gasteiger partial charge on any atom is -0.497 e. The van der Waals surface area contributed by atoms with Crippen molar-refractivity contribution in [3.05, 3.63) is 88.6 Å². The zero-order valence-electron chi connectivity index (χ0n) is 25.2. The van der Waals surface area contributed by atoms with E-state index >= 15 is 0 Å². The third-order valence-electron chi connectivity index (χ3n) is 8.26. The van der Waals surface area contributed by atoms with Gasteiger partial charge in [-0.15, -0.1) is 0 Å². The van der Waals surface area contributed by atoms with Gasteiger partial charge in [0.25, 0.3) is 0 Å². The van der Waals surface area contributed by atoms with Crippen molar-refractivity contribution < 1.29 is 14.3 Å². The fourth-order valence-corrected chi connectivity index (χ4v) is 5.91. The number of anilines is 1. The van der Waals surface area contributed by atoms with E-state index in [1.165, 1.54) is 11.1 Å². The average Bonchev–Trinajstić information content (AvgIpc) is 2.97. The topological polar surface area (TPSA) is 58.1 Å². The van der Waals surface area contributed by atoms with Gasteiger partial charge in [0.05, 0.1) is 26.0 Å². The Kier molecular flexibility index (Phi) is 8.47. The number of likely N-dealkylation sites (N-methyl/N-ethyl adjacent to an activating group) is 1. The van der Waals surface area contributed by atoms with Crippen LogP contribution in [0.3, 0.4) is 0 Å². The predicted molar refractivity (Wildman–Crippen MR) is 165 cm³/mol. The molecule has 2 aliphatic rings. The monoisotopic (exact) mass is 554 g/mol. The number of ether oxygens (including phenoxy) is 2. The van der Waals surface area contributed by atoms with Crippen LogP contribution in [0.1, 0.15) is 42.3 Å². The molecule has 2 aliphatic heterocycles. The SMILES string of the molecule is COc1ccc(OC)c(C2/C(=C/c3cccc(N4CCN(C)CC4)n3)C(=O)C(C)(C)CN2Cc2ccc(C)cc2)c1. The van der Waals surface area contributed by atoms with E-state index in [-0.39, 0.29) is 11.8 Å². The highest BCUT2D eigenvalue weighted by molar-refractivity contribution is 6.05. The zero-order chi connectivity index (χ0) is 29.1. The van der Waals surface area contributed by atoms with Crippen LogP contribution in [0, 0.1) is 12.3 Å². The van der Waals surface area contributed by atoms with Crippen LogP contribution >= 0.6 is 0 Å². The van der Waals surface area contributed by atoms with E-state index < -0.39 is 5.41 Å². The summed E-state index contributed by atoms with van der Waals surface area (Å²) in [5, 5.41) is 0. The van der Waals surface area contributed by atoms with Crippen LogP contribution in [-0.2, 0) is 11.3 Å². The first-order chi connectivity index (χ1) is 19.7. The normalized spacial score (nSPS) is 20.8. The largest absolute Gasteiger partial charge is 0.497 e. The van der Waals surface area contributed by atoms with E-state index in [9.17, 15) is 4.79 Å². The molecule has 216 valence electrons. The molecule has 41 heavy (non-hydrogen) atoms.